The molecule has 0 aliphatic carbocycles. The van der Waals surface area contributed by atoms with Gasteiger partial charge in [-0.05, 0) is 48.0 Å². The van der Waals surface area contributed by atoms with E-state index in [-0.39, 0.29) is 11.6 Å². The third-order valence-corrected chi connectivity index (χ3v) is 4.71. The van der Waals surface area contributed by atoms with Gasteiger partial charge >= 0.3 is 6.18 Å². The van der Waals surface area contributed by atoms with Gasteiger partial charge in [-0.25, -0.2) is 9.07 Å². The molecular formula is C22H17F4N3O. The number of nitrogens with two attached hydrogens (primary N) is 1. The summed E-state index contributed by atoms with van der Waals surface area (Å²) >= 11 is 0. The van der Waals surface area contributed by atoms with E-state index in [2.05, 4.69) is 5.10 Å². The number of benzene rings is 3. The van der Waals surface area contributed by atoms with E-state index >= 15 is 0 Å². The second-order valence-electron chi connectivity index (χ2n) is 6.77. The Morgan fingerprint density at radius 2 is 1.63 bits per heavy atom. The first-order chi connectivity index (χ1) is 14.3. The summed E-state index contributed by atoms with van der Waals surface area (Å²) in [4.78, 5) is 0. The first-order valence-electron chi connectivity index (χ1n) is 9.10. The minimum atomic E-state index is -4.63. The molecule has 1 aromatic heterocycles. The Bertz CT molecular complexity index is 1140. The van der Waals surface area contributed by atoms with E-state index in [0.29, 0.717) is 22.2 Å². The van der Waals surface area contributed by atoms with Crippen LogP contribution in [-0.2, 0) is 0 Å². The van der Waals surface area contributed by atoms with E-state index in [4.69, 9.17) is 10.5 Å². The highest BCUT2D eigenvalue weighted by Gasteiger charge is 2.44. The predicted octanol–water partition coefficient (Wildman–Crippen LogP) is 5.17. The lowest BCUT2D eigenvalue weighted by molar-refractivity contribution is -0.166. The largest absolute Gasteiger partial charge is 0.484 e. The Kier molecular flexibility index (Phi) is 5.17. The summed E-state index contributed by atoms with van der Waals surface area (Å²) in [6.07, 6.45) is -4.47. The van der Waals surface area contributed by atoms with Gasteiger partial charge in [0.05, 0.1) is 17.4 Å². The molecular weight excluding hydrogens is 398 g/mol. The van der Waals surface area contributed by atoms with Crippen molar-refractivity contribution in [1.29, 1.82) is 0 Å². The number of hydrogen-bond donors (Lipinski definition) is 1. The maximum Gasteiger partial charge on any atom is 0.407 e. The van der Waals surface area contributed by atoms with Crippen molar-refractivity contribution in [2.75, 3.05) is 0 Å². The van der Waals surface area contributed by atoms with E-state index in [0.717, 1.165) is 0 Å². The van der Waals surface area contributed by atoms with Crippen molar-refractivity contribution < 1.29 is 22.3 Å². The van der Waals surface area contributed by atoms with Crippen molar-refractivity contribution in [1.82, 2.24) is 9.78 Å². The fourth-order valence-corrected chi connectivity index (χ4v) is 3.18. The molecule has 154 valence electrons. The van der Waals surface area contributed by atoms with Crippen LogP contribution in [0.1, 0.15) is 11.7 Å². The second-order valence-corrected chi connectivity index (χ2v) is 6.77. The lowest BCUT2D eigenvalue weighted by Crippen LogP contribution is -2.44. The van der Waals surface area contributed by atoms with Crippen molar-refractivity contribution in [3.8, 4) is 11.4 Å². The predicted molar refractivity (Wildman–Crippen MR) is 105 cm³/mol. The number of hydrogen-bond acceptors (Lipinski definition) is 3. The molecule has 4 rings (SSSR count). The molecule has 4 nitrogen and oxygen atoms in total. The van der Waals surface area contributed by atoms with E-state index in [1.54, 1.807) is 71.5 Å². The number of fused-ring (bicyclic) bond motifs is 1. The zero-order valence-electron chi connectivity index (χ0n) is 15.6. The molecule has 2 N–H and O–H groups in total. The molecule has 2 atom stereocenters. The van der Waals surface area contributed by atoms with Gasteiger partial charge in [0.1, 0.15) is 23.7 Å². The molecule has 4 aromatic rings. The van der Waals surface area contributed by atoms with Crippen LogP contribution in [0.4, 0.5) is 17.6 Å². The highest BCUT2D eigenvalue weighted by Crippen LogP contribution is 2.33. The number of rotatable bonds is 5. The van der Waals surface area contributed by atoms with Crippen molar-refractivity contribution in [3.05, 3.63) is 90.4 Å². The van der Waals surface area contributed by atoms with Crippen LogP contribution in [0.15, 0.2) is 79.0 Å². The van der Waals surface area contributed by atoms with Crippen molar-refractivity contribution in [2.24, 2.45) is 5.73 Å². The molecule has 0 fully saturated rings. The van der Waals surface area contributed by atoms with Crippen LogP contribution in [0.25, 0.3) is 16.6 Å². The molecule has 0 spiro atoms. The smallest absolute Gasteiger partial charge is 0.407 e. The van der Waals surface area contributed by atoms with Gasteiger partial charge in [0, 0.05) is 5.39 Å². The average Bonchev–Trinajstić information content (AvgIpc) is 3.15. The van der Waals surface area contributed by atoms with Crippen LogP contribution in [0.5, 0.6) is 5.75 Å². The Morgan fingerprint density at radius 1 is 0.933 bits per heavy atom. The van der Waals surface area contributed by atoms with E-state index in [9.17, 15) is 17.6 Å². The molecule has 2 unspecified atom stereocenters. The summed E-state index contributed by atoms with van der Waals surface area (Å²) in [5, 5.41) is 4.94. The number of aromatic nitrogens is 2. The summed E-state index contributed by atoms with van der Waals surface area (Å²) < 4.78 is 60.4. The summed E-state index contributed by atoms with van der Waals surface area (Å²) in [5.74, 6) is -0.131. The monoisotopic (exact) mass is 415 g/mol. The molecule has 0 radical (unpaired) electrons. The quantitative estimate of drug-likeness (QED) is 0.458. The van der Waals surface area contributed by atoms with Crippen molar-refractivity contribution in [3.63, 3.8) is 0 Å². The SMILES string of the molecule is NC(C(Oc1ccc2c(cnn2-c2ccc(F)cc2)c1)c1ccccc1)C(F)(F)F. The average molecular weight is 415 g/mol. The van der Waals surface area contributed by atoms with Crippen molar-refractivity contribution in [2.45, 2.75) is 18.3 Å². The minimum Gasteiger partial charge on any atom is -0.484 e. The lowest BCUT2D eigenvalue weighted by Gasteiger charge is -2.27. The number of ether oxygens (including phenoxy) is 1. The topological polar surface area (TPSA) is 53.1 Å². The first-order valence-corrected chi connectivity index (χ1v) is 9.10. The summed E-state index contributed by atoms with van der Waals surface area (Å²) in [7, 11) is 0. The number of halogens is 4. The second kappa shape index (κ2) is 7.79. The van der Waals surface area contributed by atoms with Gasteiger partial charge in [-0.2, -0.15) is 18.3 Å². The van der Waals surface area contributed by atoms with Crippen LogP contribution < -0.4 is 10.5 Å². The maximum absolute atomic E-state index is 13.3. The number of nitrogens with zero attached hydrogens (tertiary/aromatic N) is 2. The van der Waals surface area contributed by atoms with Gasteiger partial charge in [0.15, 0.2) is 0 Å². The molecule has 3 aromatic carbocycles. The van der Waals surface area contributed by atoms with Crippen LogP contribution in [0.3, 0.4) is 0 Å². The number of alkyl halides is 3. The van der Waals surface area contributed by atoms with E-state index in [1.165, 1.54) is 12.1 Å². The molecule has 0 saturated carbocycles. The highest BCUT2D eigenvalue weighted by molar-refractivity contribution is 5.81. The van der Waals surface area contributed by atoms with Gasteiger partial charge in [0.2, 0.25) is 0 Å². The fourth-order valence-electron chi connectivity index (χ4n) is 3.18. The fraction of sp³-hybridized carbons (Fsp3) is 0.136. The Labute approximate surface area is 169 Å². The molecule has 0 aliphatic heterocycles. The van der Waals surface area contributed by atoms with Crippen LogP contribution in [-0.4, -0.2) is 22.0 Å². The van der Waals surface area contributed by atoms with Gasteiger partial charge < -0.3 is 10.5 Å². The lowest BCUT2D eigenvalue weighted by atomic mass is 10.0. The van der Waals surface area contributed by atoms with Gasteiger partial charge in [-0.3, -0.25) is 0 Å². The van der Waals surface area contributed by atoms with Gasteiger partial charge in [0.25, 0.3) is 0 Å². The zero-order valence-corrected chi connectivity index (χ0v) is 15.6. The van der Waals surface area contributed by atoms with Crippen LogP contribution in [0.2, 0.25) is 0 Å². The molecule has 1 heterocycles. The van der Waals surface area contributed by atoms with E-state index in [1.807, 2.05) is 0 Å². The minimum absolute atomic E-state index is 0.231. The zero-order chi connectivity index (χ0) is 21.3. The molecule has 30 heavy (non-hydrogen) atoms. The van der Waals surface area contributed by atoms with Crippen molar-refractivity contribution >= 4 is 10.9 Å². The van der Waals surface area contributed by atoms with Crippen LogP contribution in [0, 0.1) is 5.82 Å². The molecule has 0 aliphatic rings. The van der Waals surface area contributed by atoms with Crippen LogP contribution >= 0.6 is 0 Å². The standard InChI is InChI=1S/C22H17F4N3O/c23-16-6-8-17(9-7-16)29-19-11-10-18(12-15(19)13-28-29)30-20(21(27)22(24,25)26)14-4-2-1-3-5-14/h1-13,20-21H,27H2. The highest BCUT2D eigenvalue weighted by atomic mass is 19.4. The summed E-state index contributed by atoms with van der Waals surface area (Å²) in [6.45, 7) is 0. The Hall–Kier alpha value is -3.39. The Morgan fingerprint density at radius 3 is 2.30 bits per heavy atom. The summed E-state index contributed by atoms with van der Waals surface area (Å²) in [5.41, 5.74) is 7.16. The Balaban J connectivity index is 1.67. The maximum atomic E-state index is 13.3. The van der Waals surface area contributed by atoms with Gasteiger partial charge in [-0.1, -0.05) is 30.3 Å². The van der Waals surface area contributed by atoms with E-state index < -0.39 is 18.3 Å². The molecule has 8 heteroatoms. The normalized spacial score (nSPS) is 13.9. The molecule has 0 bridgehead atoms. The third kappa shape index (κ3) is 3.99. The van der Waals surface area contributed by atoms with Gasteiger partial charge in [-0.15, -0.1) is 0 Å². The molecule has 0 amide bonds. The first kappa shape index (κ1) is 19.9. The molecule has 0 saturated heterocycles. The third-order valence-electron chi connectivity index (χ3n) is 4.71. The summed E-state index contributed by atoms with van der Waals surface area (Å²) in [6, 6.07) is 16.5.